The molecule has 2 saturated heterocycles. The summed E-state index contributed by atoms with van der Waals surface area (Å²) >= 11 is 0. The molecule has 2 fully saturated rings. The van der Waals surface area contributed by atoms with Crippen LogP contribution < -0.4 is 4.90 Å². The van der Waals surface area contributed by atoms with Gasteiger partial charge in [0.05, 0.1) is 13.2 Å². The number of aromatic nitrogens is 2. The second-order valence-electron chi connectivity index (χ2n) is 7.25. The molecule has 0 spiro atoms. The van der Waals surface area contributed by atoms with Crippen molar-refractivity contribution in [3.8, 4) is 11.4 Å². The Bertz CT molecular complexity index is 812. The SMILES string of the molecule is Cc1cccc(-c2ncc(C(=O)N3CCOCC3)c(N3CCCCC3)n2)c1. The third-order valence-corrected chi connectivity index (χ3v) is 5.23. The van der Waals surface area contributed by atoms with Gasteiger partial charge in [-0.1, -0.05) is 23.8 Å². The molecule has 0 saturated carbocycles. The van der Waals surface area contributed by atoms with Gasteiger partial charge in [-0.15, -0.1) is 0 Å². The highest BCUT2D eigenvalue weighted by molar-refractivity contribution is 5.99. The Kier molecular flexibility index (Phi) is 5.34. The van der Waals surface area contributed by atoms with Gasteiger partial charge >= 0.3 is 0 Å². The number of hydrogen-bond donors (Lipinski definition) is 0. The minimum Gasteiger partial charge on any atom is -0.378 e. The number of rotatable bonds is 3. The van der Waals surface area contributed by atoms with Crippen molar-refractivity contribution in [1.29, 1.82) is 0 Å². The third kappa shape index (κ3) is 3.95. The number of piperidine rings is 1. The molecule has 3 heterocycles. The molecule has 0 bridgehead atoms. The molecule has 1 aromatic carbocycles. The van der Waals surface area contributed by atoms with E-state index in [2.05, 4.69) is 28.9 Å². The number of carbonyl (C=O) groups is 1. The minimum absolute atomic E-state index is 0.00895. The largest absolute Gasteiger partial charge is 0.378 e. The van der Waals surface area contributed by atoms with Gasteiger partial charge in [-0.2, -0.15) is 0 Å². The Morgan fingerprint density at radius 3 is 2.59 bits per heavy atom. The minimum atomic E-state index is 0.00895. The van der Waals surface area contributed by atoms with Gasteiger partial charge in [0, 0.05) is 37.9 Å². The maximum absolute atomic E-state index is 13.1. The fourth-order valence-corrected chi connectivity index (χ4v) is 3.73. The van der Waals surface area contributed by atoms with Gasteiger partial charge < -0.3 is 14.5 Å². The molecular weight excluding hydrogens is 340 g/mol. The fourth-order valence-electron chi connectivity index (χ4n) is 3.73. The van der Waals surface area contributed by atoms with Gasteiger partial charge in [-0.25, -0.2) is 9.97 Å². The molecule has 2 aliphatic rings. The Morgan fingerprint density at radius 2 is 1.85 bits per heavy atom. The molecule has 0 N–H and O–H groups in total. The number of nitrogens with zero attached hydrogens (tertiary/aromatic N) is 4. The zero-order valence-electron chi connectivity index (χ0n) is 15.9. The first-order chi connectivity index (χ1) is 13.2. The Morgan fingerprint density at radius 1 is 1.07 bits per heavy atom. The van der Waals surface area contributed by atoms with Gasteiger partial charge in [-0.3, -0.25) is 4.79 Å². The van der Waals surface area contributed by atoms with Gasteiger partial charge in [0.2, 0.25) is 0 Å². The van der Waals surface area contributed by atoms with E-state index in [4.69, 9.17) is 9.72 Å². The van der Waals surface area contributed by atoms with E-state index in [1.165, 1.54) is 12.0 Å². The number of hydrogen-bond acceptors (Lipinski definition) is 5. The van der Waals surface area contributed by atoms with Crippen molar-refractivity contribution in [1.82, 2.24) is 14.9 Å². The zero-order valence-corrected chi connectivity index (χ0v) is 15.9. The first-order valence-electron chi connectivity index (χ1n) is 9.78. The zero-order chi connectivity index (χ0) is 18.6. The lowest BCUT2D eigenvalue weighted by molar-refractivity contribution is 0.0302. The van der Waals surface area contributed by atoms with E-state index in [-0.39, 0.29) is 5.91 Å². The molecule has 0 unspecified atom stereocenters. The molecule has 2 aliphatic heterocycles. The lowest BCUT2D eigenvalue weighted by Crippen LogP contribution is -2.42. The quantitative estimate of drug-likeness (QED) is 0.836. The van der Waals surface area contributed by atoms with Gasteiger partial charge in [0.15, 0.2) is 5.82 Å². The number of benzene rings is 1. The molecule has 27 heavy (non-hydrogen) atoms. The summed E-state index contributed by atoms with van der Waals surface area (Å²) in [5.74, 6) is 1.46. The van der Waals surface area contributed by atoms with Gasteiger partial charge in [-0.05, 0) is 32.3 Å². The molecule has 6 nitrogen and oxygen atoms in total. The van der Waals surface area contributed by atoms with Gasteiger partial charge in [0.1, 0.15) is 11.4 Å². The van der Waals surface area contributed by atoms with E-state index in [1.807, 2.05) is 17.0 Å². The van der Waals surface area contributed by atoms with Crippen LogP contribution in [-0.4, -0.2) is 60.2 Å². The molecule has 0 atom stereocenters. The molecule has 4 rings (SSSR count). The van der Waals surface area contributed by atoms with Crippen LogP contribution in [0.4, 0.5) is 5.82 Å². The first-order valence-corrected chi connectivity index (χ1v) is 9.78. The number of carbonyl (C=O) groups excluding carboxylic acids is 1. The number of anilines is 1. The van der Waals surface area contributed by atoms with E-state index in [0.29, 0.717) is 37.7 Å². The monoisotopic (exact) mass is 366 g/mol. The van der Waals surface area contributed by atoms with Crippen molar-refractivity contribution in [3.63, 3.8) is 0 Å². The van der Waals surface area contributed by atoms with Crippen LogP contribution in [0.15, 0.2) is 30.5 Å². The van der Waals surface area contributed by atoms with E-state index in [0.717, 1.165) is 37.3 Å². The normalized spacial score (nSPS) is 17.8. The van der Waals surface area contributed by atoms with Crippen molar-refractivity contribution >= 4 is 11.7 Å². The molecule has 0 radical (unpaired) electrons. The molecule has 142 valence electrons. The van der Waals surface area contributed by atoms with Crippen molar-refractivity contribution in [2.24, 2.45) is 0 Å². The molecule has 1 amide bonds. The molecular formula is C21H26N4O2. The Balaban J connectivity index is 1.72. The average Bonchev–Trinajstić information content (AvgIpc) is 2.74. The summed E-state index contributed by atoms with van der Waals surface area (Å²) < 4.78 is 5.38. The number of amides is 1. The average molecular weight is 366 g/mol. The summed E-state index contributed by atoms with van der Waals surface area (Å²) in [6.07, 6.45) is 5.22. The maximum Gasteiger partial charge on any atom is 0.259 e. The standard InChI is InChI=1S/C21H26N4O2/c1-16-6-5-7-17(14-16)19-22-15-18(21(26)25-10-12-27-13-11-25)20(23-19)24-8-3-2-4-9-24/h5-7,14-15H,2-4,8-13H2,1H3. The second-order valence-corrected chi connectivity index (χ2v) is 7.25. The summed E-state index contributed by atoms with van der Waals surface area (Å²) in [5, 5.41) is 0. The van der Waals surface area contributed by atoms with Crippen LogP contribution in [0.2, 0.25) is 0 Å². The summed E-state index contributed by atoms with van der Waals surface area (Å²) in [7, 11) is 0. The van der Waals surface area contributed by atoms with Crippen LogP contribution in [0.1, 0.15) is 35.2 Å². The predicted molar refractivity (Wildman–Crippen MR) is 105 cm³/mol. The smallest absolute Gasteiger partial charge is 0.259 e. The van der Waals surface area contributed by atoms with E-state index in [9.17, 15) is 4.79 Å². The van der Waals surface area contributed by atoms with Crippen molar-refractivity contribution in [3.05, 3.63) is 41.6 Å². The summed E-state index contributed by atoms with van der Waals surface area (Å²) in [5.41, 5.74) is 2.76. The topological polar surface area (TPSA) is 58.6 Å². The maximum atomic E-state index is 13.1. The van der Waals surface area contributed by atoms with Crippen LogP contribution in [0, 0.1) is 6.92 Å². The highest BCUT2D eigenvalue weighted by Crippen LogP contribution is 2.26. The first kappa shape index (κ1) is 17.9. The second kappa shape index (κ2) is 8.05. The van der Waals surface area contributed by atoms with E-state index < -0.39 is 0 Å². The van der Waals surface area contributed by atoms with Crippen LogP contribution in [0.25, 0.3) is 11.4 Å². The Hall–Kier alpha value is -2.47. The summed E-state index contributed by atoms with van der Waals surface area (Å²) in [6.45, 7) is 6.36. The summed E-state index contributed by atoms with van der Waals surface area (Å²) in [6, 6.07) is 8.18. The lowest BCUT2D eigenvalue weighted by atomic mass is 10.1. The Labute approximate surface area is 160 Å². The van der Waals surface area contributed by atoms with E-state index >= 15 is 0 Å². The number of ether oxygens (including phenoxy) is 1. The number of aryl methyl sites for hydroxylation is 1. The highest BCUT2D eigenvalue weighted by Gasteiger charge is 2.26. The van der Waals surface area contributed by atoms with Crippen LogP contribution in [0.5, 0.6) is 0 Å². The van der Waals surface area contributed by atoms with Crippen molar-refractivity contribution in [2.75, 3.05) is 44.3 Å². The highest BCUT2D eigenvalue weighted by atomic mass is 16.5. The molecule has 6 heteroatoms. The van der Waals surface area contributed by atoms with Crippen LogP contribution in [0.3, 0.4) is 0 Å². The third-order valence-electron chi connectivity index (χ3n) is 5.23. The van der Waals surface area contributed by atoms with Crippen LogP contribution in [-0.2, 0) is 4.74 Å². The fraction of sp³-hybridized carbons (Fsp3) is 0.476. The van der Waals surface area contributed by atoms with Crippen molar-refractivity contribution < 1.29 is 9.53 Å². The molecule has 1 aromatic heterocycles. The lowest BCUT2D eigenvalue weighted by Gasteiger charge is -2.31. The number of morpholine rings is 1. The summed E-state index contributed by atoms with van der Waals surface area (Å²) in [4.78, 5) is 26.6. The van der Waals surface area contributed by atoms with E-state index in [1.54, 1.807) is 6.20 Å². The van der Waals surface area contributed by atoms with Gasteiger partial charge in [0.25, 0.3) is 5.91 Å². The predicted octanol–water partition coefficient (Wildman–Crippen LogP) is 2.91. The van der Waals surface area contributed by atoms with Crippen molar-refractivity contribution in [2.45, 2.75) is 26.2 Å². The molecule has 0 aliphatic carbocycles. The van der Waals surface area contributed by atoms with Crippen LogP contribution >= 0.6 is 0 Å². The molecule has 2 aromatic rings.